The molecule has 31 heavy (non-hydrogen) atoms. The largest absolute Gasteiger partial charge is 0.497 e. The molecule has 0 bridgehead atoms. The highest BCUT2D eigenvalue weighted by Crippen LogP contribution is 2.19. The Balaban J connectivity index is 1.57. The Labute approximate surface area is 187 Å². The number of thiocarbonyl (C=S) groups is 1. The van der Waals surface area contributed by atoms with E-state index in [2.05, 4.69) is 10.3 Å². The normalized spacial score (nSPS) is 15.7. The zero-order chi connectivity index (χ0) is 21.8. The molecule has 2 N–H and O–H groups in total. The summed E-state index contributed by atoms with van der Waals surface area (Å²) in [6.07, 6.45) is 2.15. The van der Waals surface area contributed by atoms with E-state index >= 15 is 0 Å². The fraction of sp³-hybridized carbons (Fsp3) is 0.333. The molecule has 1 saturated heterocycles. The Hall–Kier alpha value is -2.90. The van der Waals surface area contributed by atoms with E-state index in [0.29, 0.717) is 23.8 Å². The summed E-state index contributed by atoms with van der Waals surface area (Å²) in [7, 11) is 1.64. The number of H-pyrrole nitrogens is 1. The van der Waals surface area contributed by atoms with Crippen molar-refractivity contribution in [3.05, 3.63) is 70.0 Å². The number of methoxy groups -OCH3 is 1. The number of aromatic amines is 1. The monoisotopic (exact) mass is 437 g/mol. The van der Waals surface area contributed by atoms with E-state index in [9.17, 15) is 4.79 Å². The van der Waals surface area contributed by atoms with E-state index in [4.69, 9.17) is 21.7 Å². The molecular formula is C24H27N3O3S. The third kappa shape index (κ3) is 5.24. The Bertz CT molecular complexity index is 1120. The molecule has 0 radical (unpaired) electrons. The number of fused-ring (bicyclic) bond motifs is 1. The van der Waals surface area contributed by atoms with Crippen molar-refractivity contribution >= 4 is 33.9 Å². The fourth-order valence-electron chi connectivity index (χ4n) is 3.81. The molecule has 0 spiro atoms. The molecule has 1 aromatic heterocycles. The first kappa shape index (κ1) is 21.3. The van der Waals surface area contributed by atoms with Gasteiger partial charge in [-0.15, -0.1) is 0 Å². The number of pyridine rings is 1. The Morgan fingerprint density at radius 1 is 1.26 bits per heavy atom. The van der Waals surface area contributed by atoms with Crippen LogP contribution in [0.25, 0.3) is 10.9 Å². The maximum absolute atomic E-state index is 12.8. The highest BCUT2D eigenvalue weighted by atomic mass is 32.1. The van der Waals surface area contributed by atoms with Crippen molar-refractivity contribution in [2.24, 2.45) is 0 Å². The minimum Gasteiger partial charge on any atom is -0.497 e. The average Bonchev–Trinajstić information content (AvgIpc) is 3.27. The second-order valence-electron chi connectivity index (χ2n) is 7.89. The molecule has 2 heterocycles. The molecule has 0 unspecified atom stereocenters. The van der Waals surface area contributed by atoms with Crippen LogP contribution in [0.5, 0.6) is 5.75 Å². The van der Waals surface area contributed by atoms with E-state index in [1.165, 1.54) is 0 Å². The SMILES string of the molecule is COc1ccc(NC(=S)N(Cc2cc3ccc(C)cc3[nH]c2=O)C[C@H]2CCCO2)cc1. The molecule has 1 atom stereocenters. The van der Waals surface area contributed by atoms with Crippen LogP contribution in [-0.2, 0) is 11.3 Å². The summed E-state index contributed by atoms with van der Waals surface area (Å²) in [4.78, 5) is 17.8. The first-order chi connectivity index (χ1) is 15.0. The molecular weight excluding hydrogens is 410 g/mol. The molecule has 1 aliphatic rings. The number of aryl methyl sites for hydroxylation is 1. The highest BCUT2D eigenvalue weighted by Gasteiger charge is 2.22. The van der Waals surface area contributed by atoms with Gasteiger partial charge < -0.3 is 24.7 Å². The molecule has 2 aromatic carbocycles. The lowest BCUT2D eigenvalue weighted by atomic mass is 10.1. The molecule has 7 heteroatoms. The second-order valence-corrected chi connectivity index (χ2v) is 8.28. The number of hydrogen-bond acceptors (Lipinski definition) is 4. The number of aromatic nitrogens is 1. The smallest absolute Gasteiger partial charge is 0.253 e. The van der Waals surface area contributed by atoms with Gasteiger partial charge in [0.2, 0.25) is 0 Å². The van der Waals surface area contributed by atoms with E-state index in [-0.39, 0.29) is 11.7 Å². The molecule has 1 fully saturated rings. The van der Waals surface area contributed by atoms with Gasteiger partial charge in [0, 0.05) is 29.9 Å². The van der Waals surface area contributed by atoms with E-state index < -0.39 is 0 Å². The Morgan fingerprint density at radius 2 is 2.06 bits per heavy atom. The predicted molar refractivity (Wildman–Crippen MR) is 128 cm³/mol. The van der Waals surface area contributed by atoms with Crippen LogP contribution in [0.3, 0.4) is 0 Å². The lowest BCUT2D eigenvalue weighted by Gasteiger charge is -2.28. The topological polar surface area (TPSA) is 66.6 Å². The van der Waals surface area contributed by atoms with Crippen molar-refractivity contribution < 1.29 is 9.47 Å². The maximum atomic E-state index is 12.8. The second kappa shape index (κ2) is 9.49. The predicted octanol–water partition coefficient (Wildman–Crippen LogP) is 4.22. The van der Waals surface area contributed by atoms with E-state index in [1.807, 2.05) is 60.4 Å². The molecule has 0 saturated carbocycles. The van der Waals surface area contributed by atoms with Crippen LogP contribution in [0.1, 0.15) is 24.0 Å². The summed E-state index contributed by atoms with van der Waals surface area (Å²) < 4.78 is 11.1. The zero-order valence-electron chi connectivity index (χ0n) is 17.8. The standard InChI is InChI=1S/C24H27N3O3S/c1-16-5-6-17-13-18(23(28)26-22(17)12-16)14-27(15-21-4-3-11-30-21)24(31)25-19-7-9-20(29-2)10-8-19/h5-10,12-13,21H,3-4,11,14-15H2,1-2H3,(H,25,31)(H,26,28)/t21-/m1/s1. The molecule has 162 valence electrons. The van der Waals surface area contributed by atoms with Crippen molar-refractivity contribution in [1.82, 2.24) is 9.88 Å². The summed E-state index contributed by atoms with van der Waals surface area (Å²) >= 11 is 5.72. The quantitative estimate of drug-likeness (QED) is 0.563. The summed E-state index contributed by atoms with van der Waals surface area (Å²) in [5, 5.41) is 4.85. The van der Waals surface area contributed by atoms with Crippen molar-refractivity contribution in [2.75, 3.05) is 25.6 Å². The van der Waals surface area contributed by atoms with Crippen molar-refractivity contribution in [3.8, 4) is 5.75 Å². The zero-order valence-corrected chi connectivity index (χ0v) is 18.6. The maximum Gasteiger partial charge on any atom is 0.253 e. The summed E-state index contributed by atoms with van der Waals surface area (Å²) in [5.41, 5.74) is 3.40. The van der Waals surface area contributed by atoms with Crippen LogP contribution in [0.4, 0.5) is 5.69 Å². The number of benzene rings is 2. The Morgan fingerprint density at radius 3 is 2.77 bits per heavy atom. The van der Waals surface area contributed by atoms with Gasteiger partial charge in [-0.2, -0.15) is 0 Å². The van der Waals surface area contributed by atoms with Gasteiger partial charge in [0.05, 0.1) is 19.8 Å². The van der Waals surface area contributed by atoms with Crippen LogP contribution in [0.2, 0.25) is 0 Å². The summed E-state index contributed by atoms with van der Waals surface area (Å²) in [6, 6.07) is 15.6. The number of nitrogens with one attached hydrogen (secondary N) is 2. The minimum atomic E-state index is -0.0947. The van der Waals surface area contributed by atoms with Gasteiger partial charge in [-0.25, -0.2) is 0 Å². The molecule has 0 amide bonds. The number of ether oxygens (including phenoxy) is 2. The molecule has 6 nitrogen and oxygen atoms in total. The molecule has 1 aliphatic heterocycles. The van der Waals surface area contributed by atoms with Crippen molar-refractivity contribution in [3.63, 3.8) is 0 Å². The van der Waals surface area contributed by atoms with E-state index in [1.54, 1.807) is 7.11 Å². The van der Waals surface area contributed by atoms with Crippen LogP contribution >= 0.6 is 12.2 Å². The minimum absolute atomic E-state index is 0.0947. The first-order valence-electron chi connectivity index (χ1n) is 10.5. The number of rotatable bonds is 6. The summed E-state index contributed by atoms with van der Waals surface area (Å²) in [6.45, 7) is 3.82. The summed E-state index contributed by atoms with van der Waals surface area (Å²) in [5.74, 6) is 0.783. The number of nitrogens with zero attached hydrogens (tertiary/aromatic N) is 1. The van der Waals surface area contributed by atoms with Gasteiger partial charge in [0.15, 0.2) is 5.11 Å². The molecule has 0 aliphatic carbocycles. The molecule has 4 rings (SSSR count). The third-order valence-electron chi connectivity index (χ3n) is 5.52. The van der Waals surface area contributed by atoms with Crippen LogP contribution in [0.15, 0.2) is 53.3 Å². The fourth-order valence-corrected chi connectivity index (χ4v) is 4.07. The van der Waals surface area contributed by atoms with Crippen molar-refractivity contribution in [2.45, 2.75) is 32.4 Å². The van der Waals surface area contributed by atoms with Crippen LogP contribution in [-0.4, -0.2) is 41.4 Å². The molecule has 3 aromatic rings. The van der Waals surface area contributed by atoms with Gasteiger partial charge >= 0.3 is 0 Å². The highest BCUT2D eigenvalue weighted by molar-refractivity contribution is 7.80. The van der Waals surface area contributed by atoms with Crippen LogP contribution < -0.4 is 15.6 Å². The van der Waals surface area contributed by atoms with E-state index in [0.717, 1.165) is 47.4 Å². The number of anilines is 1. The lowest BCUT2D eigenvalue weighted by Crippen LogP contribution is -2.40. The Kier molecular flexibility index (Phi) is 6.53. The van der Waals surface area contributed by atoms with Gasteiger partial charge in [-0.05, 0) is 79.3 Å². The van der Waals surface area contributed by atoms with Crippen LogP contribution in [0, 0.1) is 6.92 Å². The lowest BCUT2D eigenvalue weighted by molar-refractivity contribution is 0.0904. The van der Waals surface area contributed by atoms with Crippen molar-refractivity contribution in [1.29, 1.82) is 0 Å². The first-order valence-corrected chi connectivity index (χ1v) is 10.9. The van der Waals surface area contributed by atoms with Gasteiger partial charge in [0.1, 0.15) is 5.75 Å². The third-order valence-corrected chi connectivity index (χ3v) is 5.88. The van der Waals surface area contributed by atoms with Gasteiger partial charge in [-0.1, -0.05) is 12.1 Å². The van der Waals surface area contributed by atoms with Gasteiger partial charge in [-0.3, -0.25) is 4.79 Å². The van der Waals surface area contributed by atoms with Gasteiger partial charge in [0.25, 0.3) is 5.56 Å². The number of hydrogen-bond donors (Lipinski definition) is 2. The average molecular weight is 438 g/mol.